The molecule has 0 aromatic heterocycles. The van der Waals surface area contributed by atoms with Gasteiger partial charge in [0.1, 0.15) is 18.2 Å². The molecule has 0 aliphatic heterocycles. The maximum Gasteiger partial charge on any atom is 0.408 e. The van der Waals surface area contributed by atoms with Gasteiger partial charge in [0.2, 0.25) is 5.91 Å². The average molecular weight is 455 g/mol. The summed E-state index contributed by atoms with van der Waals surface area (Å²) < 4.78 is 10.7. The number of rotatable bonds is 10. The summed E-state index contributed by atoms with van der Waals surface area (Å²) in [6.07, 6.45) is 0.0709. The normalized spacial score (nSPS) is 15.0. The molecule has 3 rings (SSSR count). The first-order chi connectivity index (χ1) is 15.8. The van der Waals surface area contributed by atoms with E-state index in [0.29, 0.717) is 6.42 Å². The van der Waals surface area contributed by atoms with Gasteiger partial charge in [-0.2, -0.15) is 0 Å². The maximum absolute atomic E-state index is 12.8. The van der Waals surface area contributed by atoms with Crippen molar-refractivity contribution in [2.45, 2.75) is 44.2 Å². The van der Waals surface area contributed by atoms with E-state index in [-0.39, 0.29) is 25.6 Å². The Balaban J connectivity index is 1.69. The molecule has 0 bridgehead atoms. The quantitative estimate of drug-likeness (QED) is 0.508. The fourth-order valence-corrected chi connectivity index (χ4v) is 4.17. The summed E-state index contributed by atoms with van der Waals surface area (Å²) in [6.45, 7) is 3.24. The molecular weight excluding hydrogens is 424 g/mol. The van der Waals surface area contributed by atoms with Crippen LogP contribution in [0.1, 0.15) is 43.7 Å². The van der Waals surface area contributed by atoms with Gasteiger partial charge in [-0.15, -0.1) is 0 Å². The van der Waals surface area contributed by atoms with Crippen molar-refractivity contribution >= 4 is 18.0 Å². The summed E-state index contributed by atoms with van der Waals surface area (Å²) in [5, 5.41) is 14.4. The first-order valence-electron chi connectivity index (χ1n) is 11.0. The Labute approximate surface area is 193 Å². The van der Waals surface area contributed by atoms with Gasteiger partial charge < -0.3 is 25.2 Å². The Bertz CT molecular complexity index is 978. The highest BCUT2D eigenvalue weighted by molar-refractivity contribution is 5.92. The Morgan fingerprint density at radius 2 is 1.64 bits per heavy atom. The number of nitrogens with one attached hydrogen (secondary N) is 2. The van der Waals surface area contributed by atoms with E-state index in [1.807, 2.05) is 55.5 Å². The lowest BCUT2D eigenvalue weighted by molar-refractivity contribution is -0.143. The van der Waals surface area contributed by atoms with Crippen LogP contribution in [-0.4, -0.2) is 55.0 Å². The van der Waals surface area contributed by atoms with Crippen molar-refractivity contribution in [3.8, 4) is 11.1 Å². The van der Waals surface area contributed by atoms with E-state index in [0.717, 1.165) is 22.3 Å². The van der Waals surface area contributed by atoms with Crippen LogP contribution in [0.2, 0.25) is 0 Å². The number of carbonyl (C=O) groups is 3. The molecule has 0 spiro atoms. The highest BCUT2D eigenvalue weighted by atomic mass is 16.5. The zero-order valence-corrected chi connectivity index (χ0v) is 19.1. The summed E-state index contributed by atoms with van der Waals surface area (Å²) in [7, 11) is 1.39. The molecule has 0 heterocycles. The van der Waals surface area contributed by atoms with Gasteiger partial charge in [0.15, 0.2) is 0 Å². The number of carboxylic acids is 1. The van der Waals surface area contributed by atoms with Crippen LogP contribution in [0.4, 0.5) is 4.79 Å². The van der Waals surface area contributed by atoms with Gasteiger partial charge in [-0.05, 0) is 35.6 Å². The number of methoxy groups -OCH3 is 1. The van der Waals surface area contributed by atoms with Crippen LogP contribution < -0.4 is 10.6 Å². The second-order valence-electron chi connectivity index (χ2n) is 8.37. The third-order valence-corrected chi connectivity index (χ3v) is 5.84. The summed E-state index contributed by atoms with van der Waals surface area (Å²) in [5.74, 6) is -1.91. The summed E-state index contributed by atoms with van der Waals surface area (Å²) in [6, 6.07) is 14.9. The van der Waals surface area contributed by atoms with Crippen LogP contribution in [0.5, 0.6) is 0 Å². The largest absolute Gasteiger partial charge is 0.480 e. The minimum absolute atomic E-state index is 0.0954. The van der Waals surface area contributed by atoms with Crippen molar-refractivity contribution in [3.05, 3.63) is 59.7 Å². The molecular formula is C25H30N2O6. The third kappa shape index (κ3) is 5.34. The van der Waals surface area contributed by atoms with Crippen molar-refractivity contribution < 1.29 is 29.0 Å². The molecule has 0 fully saturated rings. The molecule has 0 saturated carbocycles. The first kappa shape index (κ1) is 24.3. The number of carboxylic acid groups (broad SMARTS) is 1. The molecule has 176 valence electrons. The van der Waals surface area contributed by atoms with Crippen molar-refractivity contribution in [3.63, 3.8) is 0 Å². The van der Waals surface area contributed by atoms with Crippen LogP contribution in [0, 0.1) is 0 Å². The summed E-state index contributed by atoms with van der Waals surface area (Å²) in [5.41, 5.74) is 2.88. The van der Waals surface area contributed by atoms with Gasteiger partial charge in [-0.1, -0.05) is 61.9 Å². The molecule has 2 aromatic rings. The lowest BCUT2D eigenvalue weighted by Gasteiger charge is -2.30. The maximum atomic E-state index is 12.8. The average Bonchev–Trinajstić information content (AvgIpc) is 3.11. The lowest BCUT2D eigenvalue weighted by Crippen LogP contribution is -2.61. The Hall–Kier alpha value is -3.39. The van der Waals surface area contributed by atoms with Crippen molar-refractivity contribution in [2.75, 3.05) is 20.3 Å². The molecule has 0 saturated heterocycles. The second-order valence-corrected chi connectivity index (χ2v) is 8.37. The minimum Gasteiger partial charge on any atom is -0.480 e. The van der Waals surface area contributed by atoms with Crippen molar-refractivity contribution in [2.24, 2.45) is 0 Å². The molecule has 33 heavy (non-hydrogen) atoms. The molecule has 3 N–H and O–H groups in total. The predicted octanol–water partition coefficient (Wildman–Crippen LogP) is 3.30. The number of alkyl carbamates (subject to hydrolysis) is 1. The molecule has 1 aliphatic rings. The zero-order valence-electron chi connectivity index (χ0n) is 19.1. The molecule has 2 amide bonds. The number of benzene rings is 2. The van der Waals surface area contributed by atoms with Gasteiger partial charge in [0.25, 0.3) is 0 Å². The number of aliphatic carboxylic acids is 1. The monoisotopic (exact) mass is 454 g/mol. The lowest BCUT2D eigenvalue weighted by atomic mass is 9.98. The molecule has 2 atom stereocenters. The number of fused-ring (bicyclic) bond motifs is 3. The van der Waals surface area contributed by atoms with Gasteiger partial charge in [0, 0.05) is 13.0 Å². The highest BCUT2D eigenvalue weighted by Crippen LogP contribution is 2.44. The topological polar surface area (TPSA) is 114 Å². The van der Waals surface area contributed by atoms with Crippen molar-refractivity contribution in [1.82, 2.24) is 10.6 Å². The minimum atomic E-state index is -1.50. The Morgan fingerprint density at radius 1 is 1.06 bits per heavy atom. The van der Waals surface area contributed by atoms with Crippen LogP contribution in [0.25, 0.3) is 11.1 Å². The number of ether oxygens (including phenoxy) is 2. The molecule has 2 aromatic carbocycles. The van der Waals surface area contributed by atoms with E-state index in [1.54, 1.807) is 0 Å². The van der Waals surface area contributed by atoms with E-state index >= 15 is 0 Å². The van der Waals surface area contributed by atoms with Crippen LogP contribution in [-0.2, 0) is 19.1 Å². The Morgan fingerprint density at radius 3 is 2.15 bits per heavy atom. The van der Waals surface area contributed by atoms with Crippen LogP contribution >= 0.6 is 0 Å². The SMILES string of the molecule is CCCC(NC(=O)C(C)(COC)NC(=O)OCC1c2ccccc2-c2ccccc21)C(=O)O. The van der Waals surface area contributed by atoms with E-state index in [4.69, 9.17) is 9.47 Å². The van der Waals surface area contributed by atoms with Crippen LogP contribution in [0.3, 0.4) is 0 Å². The molecule has 8 heteroatoms. The summed E-state index contributed by atoms with van der Waals surface area (Å²) in [4.78, 5) is 36.9. The second kappa shape index (κ2) is 10.5. The standard InChI is InChI=1S/C25H30N2O6/c1-4-9-21(22(28)29)26-23(30)25(2,15-32-3)27-24(31)33-14-20-18-12-7-5-10-16(18)17-11-6-8-13-19(17)20/h5-8,10-13,20-21H,4,9,14-15H2,1-3H3,(H,26,30)(H,27,31)(H,28,29). The Kier molecular flexibility index (Phi) is 7.71. The predicted molar refractivity (Wildman–Crippen MR) is 123 cm³/mol. The number of hydrogen-bond acceptors (Lipinski definition) is 5. The van der Waals surface area contributed by atoms with E-state index in [2.05, 4.69) is 10.6 Å². The fraction of sp³-hybridized carbons (Fsp3) is 0.400. The number of amides is 2. The highest BCUT2D eigenvalue weighted by Gasteiger charge is 2.38. The van der Waals surface area contributed by atoms with Gasteiger partial charge in [0.05, 0.1) is 6.61 Å². The van der Waals surface area contributed by atoms with E-state index in [1.165, 1.54) is 14.0 Å². The van der Waals surface area contributed by atoms with Crippen molar-refractivity contribution in [1.29, 1.82) is 0 Å². The van der Waals surface area contributed by atoms with Gasteiger partial charge >= 0.3 is 12.1 Å². The third-order valence-electron chi connectivity index (χ3n) is 5.84. The smallest absolute Gasteiger partial charge is 0.408 e. The molecule has 2 unspecified atom stereocenters. The number of carbonyl (C=O) groups excluding carboxylic acids is 2. The van der Waals surface area contributed by atoms with Gasteiger partial charge in [-0.3, -0.25) is 4.79 Å². The number of hydrogen-bond donors (Lipinski definition) is 3. The molecule has 1 aliphatic carbocycles. The summed E-state index contributed by atoms with van der Waals surface area (Å²) >= 11 is 0. The van der Waals surface area contributed by atoms with Gasteiger partial charge in [-0.25, -0.2) is 9.59 Å². The zero-order chi connectivity index (χ0) is 24.0. The fourth-order valence-electron chi connectivity index (χ4n) is 4.17. The molecule has 8 nitrogen and oxygen atoms in total. The first-order valence-corrected chi connectivity index (χ1v) is 11.0. The van der Waals surface area contributed by atoms with E-state index < -0.39 is 29.6 Å². The van der Waals surface area contributed by atoms with Crippen LogP contribution in [0.15, 0.2) is 48.5 Å². The van der Waals surface area contributed by atoms with E-state index in [9.17, 15) is 19.5 Å². The molecule has 0 radical (unpaired) electrons.